The molecule has 1 aromatic heterocycles. The molecule has 0 bridgehead atoms. The second kappa shape index (κ2) is 8.43. The standard InChI is InChI=1S/C21H29ClN4O2/c1-21(2,3)28-20(27)26-12-9-14(10-13-26)8-11-24-18-15-6-4-5-7-16(15)25-19(22)17(18)23/h4-7,14H,8-13,23H2,1-3H3,(H,24,25). The van der Waals surface area contributed by atoms with E-state index in [0.717, 1.165) is 55.5 Å². The number of rotatable bonds is 4. The summed E-state index contributed by atoms with van der Waals surface area (Å²) in [4.78, 5) is 18.3. The number of nitrogens with zero attached hydrogens (tertiary/aromatic N) is 2. The first-order valence-electron chi connectivity index (χ1n) is 9.80. The van der Waals surface area contributed by atoms with Crippen LogP contribution in [0.3, 0.4) is 0 Å². The smallest absolute Gasteiger partial charge is 0.410 e. The molecule has 1 aromatic carbocycles. The summed E-state index contributed by atoms with van der Waals surface area (Å²) in [6, 6.07) is 7.83. The van der Waals surface area contributed by atoms with Gasteiger partial charge in [0.05, 0.1) is 16.9 Å². The van der Waals surface area contributed by atoms with Crippen molar-refractivity contribution in [3.05, 3.63) is 29.4 Å². The second-order valence-electron chi connectivity index (χ2n) is 8.33. The molecular formula is C21H29ClN4O2. The molecule has 0 unspecified atom stereocenters. The first-order valence-corrected chi connectivity index (χ1v) is 10.2. The number of anilines is 2. The highest BCUT2D eigenvalue weighted by molar-refractivity contribution is 6.33. The Morgan fingerprint density at radius 3 is 2.68 bits per heavy atom. The van der Waals surface area contributed by atoms with Crippen molar-refractivity contribution in [3.63, 3.8) is 0 Å². The van der Waals surface area contributed by atoms with Gasteiger partial charge in [-0.05, 0) is 52.0 Å². The second-order valence-corrected chi connectivity index (χ2v) is 8.69. The lowest BCUT2D eigenvalue weighted by molar-refractivity contribution is 0.0182. The van der Waals surface area contributed by atoms with Crippen LogP contribution in [-0.4, -0.2) is 41.2 Å². The molecule has 1 saturated heterocycles. The third-order valence-electron chi connectivity index (χ3n) is 5.00. The van der Waals surface area contributed by atoms with Crippen molar-refractivity contribution in [2.24, 2.45) is 5.92 Å². The number of nitrogen functional groups attached to an aromatic ring is 1. The Kier molecular flexibility index (Phi) is 6.18. The van der Waals surface area contributed by atoms with Gasteiger partial charge in [0.15, 0.2) is 5.15 Å². The molecule has 3 rings (SSSR count). The molecule has 152 valence electrons. The Labute approximate surface area is 171 Å². The van der Waals surface area contributed by atoms with E-state index in [2.05, 4.69) is 10.3 Å². The number of hydrogen-bond donors (Lipinski definition) is 2. The van der Waals surface area contributed by atoms with E-state index in [1.807, 2.05) is 49.9 Å². The van der Waals surface area contributed by atoms with Crippen LogP contribution in [-0.2, 0) is 4.74 Å². The molecule has 7 heteroatoms. The molecule has 0 radical (unpaired) electrons. The lowest BCUT2D eigenvalue weighted by atomic mass is 9.93. The van der Waals surface area contributed by atoms with Crippen LogP contribution in [0.25, 0.3) is 10.9 Å². The van der Waals surface area contributed by atoms with E-state index in [4.69, 9.17) is 22.1 Å². The maximum Gasteiger partial charge on any atom is 0.410 e. The van der Waals surface area contributed by atoms with Gasteiger partial charge in [0, 0.05) is 25.0 Å². The van der Waals surface area contributed by atoms with Crippen molar-refractivity contribution in [3.8, 4) is 0 Å². The average Bonchev–Trinajstić information content (AvgIpc) is 2.64. The van der Waals surface area contributed by atoms with Gasteiger partial charge in [0.25, 0.3) is 0 Å². The molecule has 1 aliphatic rings. The van der Waals surface area contributed by atoms with Crippen molar-refractivity contribution in [1.29, 1.82) is 0 Å². The number of piperidine rings is 1. The summed E-state index contributed by atoms with van der Waals surface area (Å²) < 4.78 is 5.46. The fraction of sp³-hybridized carbons (Fsp3) is 0.524. The lowest BCUT2D eigenvalue weighted by Crippen LogP contribution is -2.41. The maximum absolute atomic E-state index is 12.2. The van der Waals surface area contributed by atoms with Gasteiger partial charge in [-0.25, -0.2) is 9.78 Å². The van der Waals surface area contributed by atoms with Gasteiger partial charge >= 0.3 is 6.09 Å². The Morgan fingerprint density at radius 2 is 2.00 bits per heavy atom. The van der Waals surface area contributed by atoms with Crippen molar-refractivity contribution in [1.82, 2.24) is 9.88 Å². The van der Waals surface area contributed by atoms with Crippen LogP contribution in [0.1, 0.15) is 40.0 Å². The highest BCUT2D eigenvalue weighted by atomic mass is 35.5. The highest BCUT2D eigenvalue weighted by Crippen LogP contribution is 2.33. The molecule has 6 nitrogen and oxygen atoms in total. The highest BCUT2D eigenvalue weighted by Gasteiger charge is 2.26. The number of pyridine rings is 1. The Hall–Kier alpha value is -2.21. The third-order valence-corrected chi connectivity index (χ3v) is 5.29. The molecule has 1 aliphatic heterocycles. The number of aromatic nitrogens is 1. The van der Waals surface area contributed by atoms with Crippen LogP contribution in [0, 0.1) is 5.92 Å². The van der Waals surface area contributed by atoms with Gasteiger partial charge < -0.3 is 20.7 Å². The summed E-state index contributed by atoms with van der Waals surface area (Å²) in [5, 5.41) is 4.76. The van der Waals surface area contributed by atoms with Crippen LogP contribution in [0.5, 0.6) is 0 Å². The number of nitrogens with one attached hydrogen (secondary N) is 1. The number of halogens is 1. The van der Waals surface area contributed by atoms with Crippen LogP contribution >= 0.6 is 11.6 Å². The molecular weight excluding hydrogens is 376 g/mol. The lowest BCUT2D eigenvalue weighted by Gasteiger charge is -2.33. The van der Waals surface area contributed by atoms with Crippen molar-refractivity contribution < 1.29 is 9.53 Å². The van der Waals surface area contributed by atoms with E-state index in [1.165, 1.54) is 0 Å². The number of para-hydroxylation sites is 1. The zero-order valence-corrected chi connectivity index (χ0v) is 17.6. The van der Waals surface area contributed by atoms with E-state index >= 15 is 0 Å². The molecule has 2 heterocycles. The van der Waals surface area contributed by atoms with E-state index < -0.39 is 5.60 Å². The normalized spacial score (nSPS) is 15.6. The number of carbonyl (C=O) groups excluding carboxylic acids is 1. The fourth-order valence-corrected chi connectivity index (χ4v) is 3.70. The fourth-order valence-electron chi connectivity index (χ4n) is 3.52. The summed E-state index contributed by atoms with van der Waals surface area (Å²) in [5.41, 5.74) is 7.87. The van der Waals surface area contributed by atoms with Crippen molar-refractivity contribution >= 4 is 40.0 Å². The average molecular weight is 405 g/mol. The molecule has 28 heavy (non-hydrogen) atoms. The van der Waals surface area contributed by atoms with Crippen LogP contribution in [0.2, 0.25) is 5.15 Å². The zero-order chi connectivity index (χ0) is 20.3. The van der Waals surface area contributed by atoms with Gasteiger partial charge in [-0.2, -0.15) is 0 Å². The minimum absolute atomic E-state index is 0.213. The van der Waals surface area contributed by atoms with E-state index in [-0.39, 0.29) is 6.09 Å². The summed E-state index contributed by atoms with van der Waals surface area (Å²) in [5.74, 6) is 0.566. The molecule has 1 amide bonds. The first kappa shape index (κ1) is 20.5. The Balaban J connectivity index is 1.53. The minimum Gasteiger partial charge on any atom is -0.444 e. The molecule has 1 fully saturated rings. The number of fused-ring (bicyclic) bond motifs is 1. The van der Waals surface area contributed by atoms with Gasteiger partial charge in [0.1, 0.15) is 5.60 Å². The van der Waals surface area contributed by atoms with Gasteiger partial charge in [-0.15, -0.1) is 0 Å². The van der Waals surface area contributed by atoms with E-state index in [9.17, 15) is 4.79 Å². The monoisotopic (exact) mass is 404 g/mol. The maximum atomic E-state index is 12.2. The number of carbonyl (C=O) groups is 1. The zero-order valence-electron chi connectivity index (χ0n) is 16.8. The number of amides is 1. The van der Waals surface area contributed by atoms with Crippen molar-refractivity contribution in [2.75, 3.05) is 30.7 Å². The molecule has 0 aliphatic carbocycles. The van der Waals surface area contributed by atoms with Gasteiger partial charge in [-0.3, -0.25) is 0 Å². The Bertz CT molecular complexity index is 842. The molecule has 0 atom stereocenters. The molecule has 3 N–H and O–H groups in total. The van der Waals surface area contributed by atoms with Crippen molar-refractivity contribution in [2.45, 2.75) is 45.6 Å². The largest absolute Gasteiger partial charge is 0.444 e. The quantitative estimate of drug-likeness (QED) is 0.707. The number of ether oxygens (including phenoxy) is 1. The van der Waals surface area contributed by atoms with E-state index in [1.54, 1.807) is 0 Å². The first-order chi connectivity index (χ1) is 13.2. The molecule has 0 spiro atoms. The van der Waals surface area contributed by atoms with Gasteiger partial charge in [-0.1, -0.05) is 29.8 Å². The predicted octanol–water partition coefficient (Wildman–Crippen LogP) is 4.92. The predicted molar refractivity (Wildman–Crippen MR) is 115 cm³/mol. The number of hydrogen-bond acceptors (Lipinski definition) is 5. The van der Waals surface area contributed by atoms with E-state index in [0.29, 0.717) is 16.8 Å². The summed E-state index contributed by atoms with van der Waals surface area (Å²) in [6.07, 6.45) is 2.76. The van der Waals surface area contributed by atoms with Crippen LogP contribution < -0.4 is 11.1 Å². The molecule has 0 saturated carbocycles. The molecule has 2 aromatic rings. The topological polar surface area (TPSA) is 80.5 Å². The minimum atomic E-state index is -0.452. The summed E-state index contributed by atoms with van der Waals surface area (Å²) in [7, 11) is 0. The third kappa shape index (κ3) is 4.98. The summed E-state index contributed by atoms with van der Waals surface area (Å²) in [6.45, 7) is 7.96. The summed E-state index contributed by atoms with van der Waals surface area (Å²) >= 11 is 6.19. The van der Waals surface area contributed by atoms with Crippen LogP contribution in [0.15, 0.2) is 24.3 Å². The SMILES string of the molecule is CC(C)(C)OC(=O)N1CCC(CCNc2c(N)c(Cl)nc3ccccc23)CC1. The Morgan fingerprint density at radius 1 is 1.32 bits per heavy atom. The number of nitrogens with two attached hydrogens (primary N) is 1. The number of benzene rings is 1. The van der Waals surface area contributed by atoms with Gasteiger partial charge in [0.2, 0.25) is 0 Å². The number of likely N-dealkylation sites (tertiary alicyclic amines) is 1. The van der Waals surface area contributed by atoms with Crippen LogP contribution in [0.4, 0.5) is 16.2 Å².